The first-order chi connectivity index (χ1) is 4.72. The number of nitrogen functional groups attached to an aromatic ring is 1. The fourth-order valence-electron chi connectivity index (χ4n) is 0.518. The Hall–Kier alpha value is -0.970. The topological polar surface area (TPSA) is 75.7 Å². The molecule has 0 atom stereocenters. The zero-order valence-electron chi connectivity index (χ0n) is 5.00. The van der Waals surface area contributed by atoms with Crippen LogP contribution in [0.25, 0.3) is 0 Å². The molecule has 0 saturated carbocycles. The second-order valence-corrected chi connectivity index (χ2v) is 2.40. The summed E-state index contributed by atoms with van der Waals surface area (Å²) >= 11 is 2.93. The largest absolute Gasteiger partial charge is 0.382 e. The van der Waals surface area contributed by atoms with E-state index in [1.165, 1.54) is 12.4 Å². The van der Waals surface area contributed by atoms with E-state index in [0.717, 1.165) is 0 Å². The van der Waals surface area contributed by atoms with Gasteiger partial charge in [-0.15, -0.1) is 0 Å². The second-order valence-electron chi connectivity index (χ2n) is 1.60. The second kappa shape index (κ2) is 4.02. The number of hydrogen-bond acceptors (Lipinski definition) is 4. The molecule has 11 heavy (non-hydrogen) atoms. The van der Waals surface area contributed by atoms with Crippen LogP contribution in [0.5, 0.6) is 0 Å². The molecule has 0 bridgehead atoms. The predicted octanol–water partition coefficient (Wildman–Crippen LogP) is 1.42. The molecule has 0 fully saturated rings. The van der Waals surface area contributed by atoms with Crippen molar-refractivity contribution in [2.45, 2.75) is 7.43 Å². The van der Waals surface area contributed by atoms with Gasteiger partial charge in [-0.25, -0.2) is 9.97 Å². The van der Waals surface area contributed by atoms with E-state index in [-0.39, 0.29) is 17.9 Å². The Morgan fingerprint density at radius 1 is 1.45 bits per heavy atom. The van der Waals surface area contributed by atoms with E-state index in [2.05, 4.69) is 25.9 Å². The van der Waals surface area contributed by atoms with E-state index in [1.54, 1.807) is 0 Å². The van der Waals surface area contributed by atoms with E-state index in [9.17, 15) is 0 Å². The first kappa shape index (κ1) is 10.0. The molecular weight excluding hydrogens is 208 g/mol. The van der Waals surface area contributed by atoms with Gasteiger partial charge in [0.25, 0.3) is 0 Å². The Morgan fingerprint density at radius 3 is 2.36 bits per heavy atom. The molecule has 60 valence electrons. The molecule has 0 saturated heterocycles. The summed E-state index contributed by atoms with van der Waals surface area (Å²) in [6, 6.07) is 0. The first-order valence-electron chi connectivity index (χ1n) is 2.52. The van der Waals surface area contributed by atoms with E-state index in [0.29, 0.717) is 5.69 Å². The summed E-state index contributed by atoms with van der Waals surface area (Å²) < 4.78 is 0.151. The SMILES string of the molecule is C.N=C(Br)c1nccnc1N. The van der Waals surface area contributed by atoms with Crippen LogP contribution in [-0.2, 0) is 0 Å². The number of aromatic nitrogens is 2. The highest BCUT2D eigenvalue weighted by Gasteiger charge is 2.02. The molecule has 5 heteroatoms. The van der Waals surface area contributed by atoms with Crippen LogP contribution in [0.2, 0.25) is 0 Å². The molecule has 0 amide bonds. The van der Waals surface area contributed by atoms with Crippen molar-refractivity contribution in [1.82, 2.24) is 9.97 Å². The van der Waals surface area contributed by atoms with Crippen molar-refractivity contribution in [1.29, 1.82) is 5.41 Å². The smallest absolute Gasteiger partial charge is 0.152 e. The quantitative estimate of drug-likeness (QED) is 0.698. The lowest BCUT2D eigenvalue weighted by atomic mass is 10.4. The molecule has 0 unspecified atom stereocenters. The van der Waals surface area contributed by atoms with Crippen molar-refractivity contribution >= 4 is 26.4 Å². The maximum absolute atomic E-state index is 7.11. The lowest BCUT2D eigenvalue weighted by Crippen LogP contribution is -2.02. The Bertz CT molecular complexity index is 261. The van der Waals surface area contributed by atoms with Gasteiger partial charge in [0.15, 0.2) is 5.82 Å². The van der Waals surface area contributed by atoms with Crippen molar-refractivity contribution < 1.29 is 0 Å². The van der Waals surface area contributed by atoms with E-state index < -0.39 is 0 Å². The molecule has 0 radical (unpaired) electrons. The van der Waals surface area contributed by atoms with Crippen LogP contribution in [0.4, 0.5) is 5.82 Å². The number of nitrogens with two attached hydrogens (primary N) is 1. The van der Waals surface area contributed by atoms with Gasteiger partial charge in [0.2, 0.25) is 0 Å². The molecule has 1 aromatic heterocycles. The van der Waals surface area contributed by atoms with Crippen molar-refractivity contribution in [3.8, 4) is 0 Å². The minimum atomic E-state index is 0. The zero-order valence-corrected chi connectivity index (χ0v) is 6.59. The number of nitrogens with zero attached hydrogens (tertiary/aromatic N) is 2. The van der Waals surface area contributed by atoms with E-state index in [4.69, 9.17) is 11.1 Å². The van der Waals surface area contributed by atoms with Gasteiger partial charge in [0, 0.05) is 12.4 Å². The summed E-state index contributed by atoms with van der Waals surface area (Å²) in [5.41, 5.74) is 5.75. The maximum atomic E-state index is 7.11. The van der Waals surface area contributed by atoms with Gasteiger partial charge in [-0.1, -0.05) is 7.43 Å². The van der Waals surface area contributed by atoms with Crippen LogP contribution in [0.15, 0.2) is 12.4 Å². The number of rotatable bonds is 1. The molecule has 0 spiro atoms. The summed E-state index contributed by atoms with van der Waals surface area (Å²) in [4.78, 5) is 7.56. The monoisotopic (exact) mass is 216 g/mol. The normalized spacial score (nSPS) is 8.45. The standard InChI is InChI=1S/C5H5BrN4.CH4/c6-4(7)3-5(8)10-2-1-9-3;/h1-2,7H,(H2,8,10);1H4. The first-order valence-corrected chi connectivity index (χ1v) is 3.32. The molecule has 0 aromatic carbocycles. The fraction of sp³-hybridized carbons (Fsp3) is 0.167. The summed E-state index contributed by atoms with van der Waals surface area (Å²) in [5, 5.41) is 7.11. The summed E-state index contributed by atoms with van der Waals surface area (Å²) in [6.45, 7) is 0. The Labute approximate surface area is 73.5 Å². The minimum Gasteiger partial charge on any atom is -0.382 e. The molecule has 0 aliphatic heterocycles. The fourth-order valence-corrected chi connectivity index (χ4v) is 0.823. The Kier molecular flexibility index (Phi) is 3.67. The van der Waals surface area contributed by atoms with Crippen LogP contribution in [-0.4, -0.2) is 14.6 Å². The van der Waals surface area contributed by atoms with Crippen molar-refractivity contribution in [3.05, 3.63) is 18.1 Å². The average Bonchev–Trinajstić information content (AvgIpc) is 1.88. The molecule has 1 heterocycles. The van der Waals surface area contributed by atoms with Gasteiger partial charge in [-0.3, -0.25) is 5.41 Å². The van der Waals surface area contributed by atoms with Crippen LogP contribution in [0, 0.1) is 5.41 Å². The van der Waals surface area contributed by atoms with Gasteiger partial charge >= 0.3 is 0 Å². The highest BCUT2D eigenvalue weighted by molar-refractivity contribution is 9.18. The lowest BCUT2D eigenvalue weighted by molar-refractivity contribution is 1.19. The minimum absolute atomic E-state index is 0. The van der Waals surface area contributed by atoms with Crippen molar-refractivity contribution in [2.75, 3.05) is 5.73 Å². The van der Waals surface area contributed by atoms with E-state index >= 15 is 0 Å². The molecule has 0 aliphatic rings. The third kappa shape index (κ3) is 2.27. The number of halogens is 1. The molecular formula is C6H9BrN4. The molecule has 4 nitrogen and oxygen atoms in total. The number of nitrogens with one attached hydrogen (secondary N) is 1. The van der Waals surface area contributed by atoms with Crippen LogP contribution < -0.4 is 5.73 Å². The number of hydrogen-bond donors (Lipinski definition) is 2. The lowest BCUT2D eigenvalue weighted by Gasteiger charge is -1.96. The van der Waals surface area contributed by atoms with Gasteiger partial charge < -0.3 is 5.73 Å². The van der Waals surface area contributed by atoms with Gasteiger partial charge in [-0.2, -0.15) is 0 Å². The van der Waals surface area contributed by atoms with E-state index in [1.807, 2.05) is 0 Å². The third-order valence-electron chi connectivity index (χ3n) is 0.934. The maximum Gasteiger partial charge on any atom is 0.152 e. The summed E-state index contributed by atoms with van der Waals surface area (Å²) in [7, 11) is 0. The van der Waals surface area contributed by atoms with Gasteiger partial charge in [0.1, 0.15) is 10.3 Å². The van der Waals surface area contributed by atoms with Crippen molar-refractivity contribution in [3.63, 3.8) is 0 Å². The average molecular weight is 217 g/mol. The summed E-state index contributed by atoms with van der Waals surface area (Å²) in [6.07, 6.45) is 2.97. The highest BCUT2D eigenvalue weighted by Crippen LogP contribution is 2.06. The highest BCUT2D eigenvalue weighted by atomic mass is 79.9. The molecule has 0 aliphatic carbocycles. The van der Waals surface area contributed by atoms with Crippen LogP contribution in [0.1, 0.15) is 13.1 Å². The predicted molar refractivity (Wildman–Crippen MR) is 48.9 cm³/mol. The van der Waals surface area contributed by atoms with Gasteiger partial charge in [0.05, 0.1) is 0 Å². The van der Waals surface area contributed by atoms with Gasteiger partial charge in [-0.05, 0) is 15.9 Å². The number of anilines is 1. The Morgan fingerprint density at radius 2 is 2.00 bits per heavy atom. The zero-order chi connectivity index (χ0) is 7.56. The van der Waals surface area contributed by atoms with Crippen LogP contribution >= 0.6 is 15.9 Å². The van der Waals surface area contributed by atoms with Crippen LogP contribution in [0.3, 0.4) is 0 Å². The van der Waals surface area contributed by atoms with Crippen molar-refractivity contribution in [2.24, 2.45) is 0 Å². The Balaban J connectivity index is 0.000001000. The third-order valence-corrected chi connectivity index (χ3v) is 1.31. The molecule has 3 N–H and O–H groups in total. The molecule has 1 aromatic rings. The summed E-state index contributed by atoms with van der Waals surface area (Å²) in [5.74, 6) is 0.268. The molecule has 1 rings (SSSR count).